The van der Waals surface area contributed by atoms with Gasteiger partial charge >= 0.3 is 0 Å². The topological polar surface area (TPSA) is 73.2 Å². The highest BCUT2D eigenvalue weighted by Gasteiger charge is 2.20. The number of ether oxygens (including phenoxy) is 2. The van der Waals surface area contributed by atoms with Crippen molar-refractivity contribution in [2.75, 3.05) is 20.0 Å². The highest BCUT2D eigenvalue weighted by Crippen LogP contribution is 2.45. The number of aromatic nitrogens is 2. The Kier molecular flexibility index (Phi) is 3.47. The summed E-state index contributed by atoms with van der Waals surface area (Å²) < 4.78 is 11.7. The van der Waals surface area contributed by atoms with Gasteiger partial charge in [-0.25, -0.2) is 0 Å². The molecule has 0 aliphatic rings. The molecule has 0 unspecified atom stereocenters. The van der Waals surface area contributed by atoms with Crippen LogP contribution in [0.15, 0.2) is 16.7 Å². The maximum Gasteiger partial charge on any atom is 0.175 e. The molecule has 0 saturated carbocycles. The number of methoxy groups -OCH3 is 2. The minimum atomic E-state index is 0.501. The van der Waals surface area contributed by atoms with Crippen LogP contribution in [0.2, 0.25) is 0 Å². The molecule has 3 N–H and O–H groups in total. The monoisotopic (exact) mass is 311 g/mol. The molecule has 6 heteroatoms. The van der Waals surface area contributed by atoms with Crippen LogP contribution in [0.4, 0.5) is 5.82 Å². The minimum Gasteiger partial charge on any atom is -0.492 e. The summed E-state index contributed by atoms with van der Waals surface area (Å²) in [5, 5.41) is 6.65. The number of aromatic amines is 1. The van der Waals surface area contributed by atoms with Crippen LogP contribution < -0.4 is 15.2 Å². The van der Waals surface area contributed by atoms with Crippen LogP contribution in [0.25, 0.3) is 11.1 Å². The first-order valence-corrected chi connectivity index (χ1v) is 6.09. The molecule has 2 aromatic rings. The summed E-state index contributed by atoms with van der Waals surface area (Å²) in [5.74, 6) is 1.77. The number of halogens is 1. The van der Waals surface area contributed by atoms with Crippen LogP contribution in [0.5, 0.6) is 11.5 Å². The molecule has 18 heavy (non-hydrogen) atoms. The molecule has 1 aromatic carbocycles. The maximum absolute atomic E-state index is 5.87. The summed E-state index contributed by atoms with van der Waals surface area (Å²) in [6, 6.07) is 1.96. The van der Waals surface area contributed by atoms with E-state index in [2.05, 4.69) is 26.1 Å². The normalized spacial score (nSPS) is 10.4. The first-order valence-electron chi connectivity index (χ1n) is 5.30. The largest absolute Gasteiger partial charge is 0.492 e. The lowest BCUT2D eigenvalue weighted by Crippen LogP contribution is -1.98. The molecule has 5 nitrogen and oxygen atoms in total. The van der Waals surface area contributed by atoms with Gasteiger partial charge in [0.15, 0.2) is 11.5 Å². The van der Waals surface area contributed by atoms with E-state index in [1.807, 2.05) is 13.0 Å². The molecule has 96 valence electrons. The van der Waals surface area contributed by atoms with Crippen LogP contribution >= 0.6 is 15.9 Å². The van der Waals surface area contributed by atoms with E-state index in [1.165, 1.54) is 0 Å². The number of nitrogen functional groups attached to an aromatic ring is 1. The number of hydrogen-bond acceptors (Lipinski definition) is 4. The third-order valence-electron chi connectivity index (χ3n) is 2.73. The number of hydrogen-bond donors (Lipinski definition) is 2. The zero-order chi connectivity index (χ0) is 13.3. The zero-order valence-corrected chi connectivity index (χ0v) is 12.0. The Morgan fingerprint density at radius 2 is 1.94 bits per heavy atom. The molecule has 1 heterocycles. The van der Waals surface area contributed by atoms with Gasteiger partial charge in [-0.15, -0.1) is 0 Å². The number of aryl methyl sites for hydroxylation is 1. The predicted octanol–water partition coefficient (Wildman–Crippen LogP) is 2.75. The van der Waals surface area contributed by atoms with Gasteiger partial charge in [-0.1, -0.05) is 0 Å². The van der Waals surface area contributed by atoms with Gasteiger partial charge in [0.05, 0.1) is 24.9 Å². The summed E-state index contributed by atoms with van der Waals surface area (Å²) in [4.78, 5) is 0. The van der Waals surface area contributed by atoms with Crippen LogP contribution in [-0.4, -0.2) is 24.4 Å². The Bertz CT molecular complexity index is 581. The molecule has 0 radical (unpaired) electrons. The van der Waals surface area contributed by atoms with Crippen molar-refractivity contribution >= 4 is 21.7 Å². The number of benzene rings is 1. The molecule has 0 aliphatic carbocycles. The number of anilines is 1. The summed E-state index contributed by atoms with van der Waals surface area (Å²) in [6.07, 6.45) is 1.67. The summed E-state index contributed by atoms with van der Waals surface area (Å²) >= 11 is 3.46. The van der Waals surface area contributed by atoms with Gasteiger partial charge < -0.3 is 15.2 Å². The zero-order valence-electron chi connectivity index (χ0n) is 10.4. The lowest BCUT2D eigenvalue weighted by molar-refractivity contribution is 0.354. The number of H-pyrrole nitrogens is 1. The molecule has 0 bridgehead atoms. The average molecular weight is 312 g/mol. The van der Waals surface area contributed by atoms with Crippen molar-refractivity contribution in [2.45, 2.75) is 6.92 Å². The van der Waals surface area contributed by atoms with Crippen LogP contribution in [0.3, 0.4) is 0 Å². The Labute approximate surface area is 113 Å². The van der Waals surface area contributed by atoms with Crippen molar-refractivity contribution in [3.8, 4) is 22.6 Å². The third kappa shape index (κ3) is 1.92. The van der Waals surface area contributed by atoms with Gasteiger partial charge in [-0.05, 0) is 34.5 Å². The van der Waals surface area contributed by atoms with Gasteiger partial charge in [0.25, 0.3) is 0 Å². The first kappa shape index (κ1) is 12.8. The summed E-state index contributed by atoms with van der Waals surface area (Å²) in [7, 11) is 3.20. The minimum absolute atomic E-state index is 0.501. The second-order valence-corrected chi connectivity index (χ2v) is 4.67. The molecule has 1 aromatic heterocycles. The Hall–Kier alpha value is -1.69. The fourth-order valence-electron chi connectivity index (χ4n) is 1.94. The maximum atomic E-state index is 5.87. The van der Waals surface area contributed by atoms with E-state index in [4.69, 9.17) is 15.2 Å². The molecule has 0 spiro atoms. The Morgan fingerprint density at radius 3 is 2.44 bits per heavy atom. The first-order chi connectivity index (χ1) is 8.60. The second kappa shape index (κ2) is 4.89. The van der Waals surface area contributed by atoms with E-state index < -0.39 is 0 Å². The molecular formula is C12H14BrN3O2. The Morgan fingerprint density at radius 1 is 1.28 bits per heavy atom. The van der Waals surface area contributed by atoms with Gasteiger partial charge in [0, 0.05) is 11.1 Å². The highest BCUT2D eigenvalue weighted by molar-refractivity contribution is 9.10. The second-order valence-electron chi connectivity index (χ2n) is 3.81. The third-order valence-corrected chi connectivity index (χ3v) is 3.32. The fourth-order valence-corrected chi connectivity index (χ4v) is 2.63. The van der Waals surface area contributed by atoms with E-state index in [9.17, 15) is 0 Å². The van der Waals surface area contributed by atoms with Crippen LogP contribution in [0.1, 0.15) is 5.56 Å². The highest BCUT2D eigenvalue weighted by atomic mass is 79.9. The van der Waals surface area contributed by atoms with E-state index in [-0.39, 0.29) is 0 Å². The lowest BCUT2D eigenvalue weighted by atomic mass is 10.0. The van der Waals surface area contributed by atoms with Crippen molar-refractivity contribution in [3.63, 3.8) is 0 Å². The van der Waals surface area contributed by atoms with Crippen molar-refractivity contribution in [1.29, 1.82) is 0 Å². The number of nitrogens with two attached hydrogens (primary N) is 1. The summed E-state index contributed by atoms with van der Waals surface area (Å²) in [6.45, 7) is 1.98. The van der Waals surface area contributed by atoms with E-state index in [0.717, 1.165) is 21.2 Å². The summed E-state index contributed by atoms with van der Waals surface area (Å²) in [5.41, 5.74) is 8.57. The van der Waals surface area contributed by atoms with Gasteiger partial charge in [-0.3, -0.25) is 5.10 Å². The molecule has 0 amide bonds. The number of nitrogens with one attached hydrogen (secondary N) is 1. The van der Waals surface area contributed by atoms with Crippen molar-refractivity contribution in [1.82, 2.24) is 10.2 Å². The number of nitrogens with zero attached hydrogens (tertiary/aromatic N) is 1. The standard InChI is InChI=1S/C12H14BrN3O2/c1-6-4-8(13)10(17-2)11(18-3)9(6)7-5-15-16-12(7)14/h4-5H,1-3H3,(H3,14,15,16). The van der Waals surface area contributed by atoms with Gasteiger partial charge in [-0.2, -0.15) is 5.10 Å². The van der Waals surface area contributed by atoms with Gasteiger partial charge in [0.2, 0.25) is 0 Å². The molecule has 0 fully saturated rings. The van der Waals surface area contributed by atoms with E-state index >= 15 is 0 Å². The van der Waals surface area contributed by atoms with E-state index in [0.29, 0.717) is 17.3 Å². The quantitative estimate of drug-likeness (QED) is 0.914. The van der Waals surface area contributed by atoms with Crippen LogP contribution in [-0.2, 0) is 0 Å². The molecule has 0 saturated heterocycles. The smallest absolute Gasteiger partial charge is 0.175 e. The van der Waals surface area contributed by atoms with Crippen molar-refractivity contribution in [3.05, 3.63) is 22.3 Å². The van der Waals surface area contributed by atoms with Crippen molar-refractivity contribution < 1.29 is 9.47 Å². The number of rotatable bonds is 3. The van der Waals surface area contributed by atoms with Gasteiger partial charge in [0.1, 0.15) is 5.82 Å². The van der Waals surface area contributed by atoms with Crippen LogP contribution in [0, 0.1) is 6.92 Å². The molecule has 2 rings (SSSR count). The Balaban J connectivity index is 2.78. The average Bonchev–Trinajstić information content (AvgIpc) is 2.74. The molecule has 0 atom stereocenters. The molecular weight excluding hydrogens is 298 g/mol. The lowest BCUT2D eigenvalue weighted by Gasteiger charge is -2.16. The SMILES string of the molecule is COc1c(Br)cc(C)c(-c2cn[nH]c2N)c1OC. The van der Waals surface area contributed by atoms with E-state index in [1.54, 1.807) is 20.4 Å². The predicted molar refractivity (Wildman–Crippen MR) is 74.0 cm³/mol. The van der Waals surface area contributed by atoms with Crippen molar-refractivity contribution in [2.24, 2.45) is 0 Å². The fraction of sp³-hybridized carbons (Fsp3) is 0.250. The molecule has 0 aliphatic heterocycles.